The number of anilines is 4. The topological polar surface area (TPSA) is 83.9 Å². The van der Waals surface area contributed by atoms with Gasteiger partial charge in [0.05, 0.1) is 17.4 Å². The van der Waals surface area contributed by atoms with Gasteiger partial charge >= 0.3 is 0 Å². The number of carbonyl (C=O) groups excluding carboxylic acids is 1. The highest BCUT2D eigenvalue weighted by molar-refractivity contribution is 6.04. The van der Waals surface area contributed by atoms with E-state index in [1.807, 2.05) is 41.3 Å². The predicted octanol–water partition coefficient (Wildman–Crippen LogP) is 3.99. The smallest absolute Gasteiger partial charge is 0.257 e. The first-order valence-corrected chi connectivity index (χ1v) is 8.60. The molecule has 0 saturated carbocycles. The van der Waals surface area contributed by atoms with E-state index in [4.69, 9.17) is 0 Å². The largest absolute Gasteiger partial charge is 0.322 e. The Morgan fingerprint density at radius 1 is 0.750 bits per heavy atom. The molecular formula is C21H16N6O. The summed E-state index contributed by atoms with van der Waals surface area (Å²) in [5.74, 6) is 0.319. The third kappa shape index (κ3) is 3.83. The van der Waals surface area contributed by atoms with E-state index in [1.165, 1.54) is 6.20 Å². The third-order valence-corrected chi connectivity index (χ3v) is 3.96. The Kier molecular flexibility index (Phi) is 4.97. The molecule has 0 radical (unpaired) electrons. The molecule has 3 heterocycles. The van der Waals surface area contributed by atoms with Crippen LogP contribution in [0.3, 0.4) is 0 Å². The second-order valence-electron chi connectivity index (χ2n) is 5.84. The quantitative estimate of drug-likeness (QED) is 0.573. The summed E-state index contributed by atoms with van der Waals surface area (Å²) in [6.45, 7) is 0. The molecule has 7 nitrogen and oxygen atoms in total. The number of aromatic nitrogens is 4. The number of nitrogens with one attached hydrogen (secondary N) is 1. The Hall–Kier alpha value is -4.13. The zero-order chi connectivity index (χ0) is 19.2. The molecule has 1 N–H and O–H groups in total. The van der Waals surface area contributed by atoms with Crippen LogP contribution in [0.1, 0.15) is 10.4 Å². The van der Waals surface area contributed by atoms with Gasteiger partial charge in [-0.15, -0.1) is 0 Å². The Morgan fingerprint density at radius 3 is 2.11 bits per heavy atom. The van der Waals surface area contributed by atoms with E-state index in [-0.39, 0.29) is 5.91 Å². The molecular weight excluding hydrogens is 352 g/mol. The SMILES string of the molecule is O=C(Nc1ccc(N(c2cccnc2)c2ncccn2)cc1)c1cccnc1. The first-order valence-electron chi connectivity index (χ1n) is 8.60. The highest BCUT2D eigenvalue weighted by Crippen LogP contribution is 2.31. The number of nitrogens with zero attached hydrogens (tertiary/aromatic N) is 5. The molecule has 7 heteroatoms. The van der Waals surface area contributed by atoms with Crippen molar-refractivity contribution in [3.8, 4) is 0 Å². The third-order valence-electron chi connectivity index (χ3n) is 3.96. The highest BCUT2D eigenvalue weighted by atomic mass is 16.1. The van der Waals surface area contributed by atoms with Crippen LogP contribution < -0.4 is 10.2 Å². The van der Waals surface area contributed by atoms with Gasteiger partial charge in [-0.3, -0.25) is 19.7 Å². The minimum Gasteiger partial charge on any atom is -0.322 e. The molecule has 4 aromatic rings. The van der Waals surface area contributed by atoms with Crippen LogP contribution in [0.5, 0.6) is 0 Å². The summed E-state index contributed by atoms with van der Waals surface area (Å²) in [7, 11) is 0. The van der Waals surface area contributed by atoms with Crippen LogP contribution in [0, 0.1) is 0 Å². The summed E-state index contributed by atoms with van der Waals surface area (Å²) >= 11 is 0. The van der Waals surface area contributed by atoms with Gasteiger partial charge in [-0.2, -0.15) is 0 Å². The standard InChI is InChI=1S/C21H16N6O/c28-20(16-4-1-10-22-14-16)26-17-6-8-18(9-7-17)27(19-5-2-11-23-15-19)21-24-12-3-13-25-21/h1-15H,(H,26,28). The summed E-state index contributed by atoms with van der Waals surface area (Å²) in [6, 6.07) is 16.4. The lowest BCUT2D eigenvalue weighted by Crippen LogP contribution is -2.14. The molecule has 0 aliphatic heterocycles. The van der Waals surface area contributed by atoms with E-state index < -0.39 is 0 Å². The zero-order valence-electron chi connectivity index (χ0n) is 14.8. The minimum absolute atomic E-state index is 0.212. The van der Waals surface area contributed by atoms with Crippen molar-refractivity contribution in [1.82, 2.24) is 19.9 Å². The van der Waals surface area contributed by atoms with Gasteiger partial charge in [-0.05, 0) is 54.6 Å². The van der Waals surface area contributed by atoms with E-state index in [2.05, 4.69) is 25.3 Å². The molecule has 0 spiro atoms. The van der Waals surface area contributed by atoms with Gasteiger partial charge in [0.25, 0.3) is 5.91 Å². The van der Waals surface area contributed by atoms with Crippen LogP contribution in [-0.4, -0.2) is 25.8 Å². The fourth-order valence-corrected chi connectivity index (χ4v) is 2.67. The Bertz CT molecular complexity index is 1000. The van der Waals surface area contributed by atoms with Crippen LogP contribution in [0.25, 0.3) is 0 Å². The van der Waals surface area contributed by atoms with Crippen LogP contribution in [-0.2, 0) is 0 Å². The molecule has 0 bridgehead atoms. The molecule has 0 atom stereocenters. The summed E-state index contributed by atoms with van der Waals surface area (Å²) in [5.41, 5.74) is 2.86. The Labute approximate surface area is 161 Å². The summed E-state index contributed by atoms with van der Waals surface area (Å²) < 4.78 is 0. The molecule has 4 rings (SSSR count). The van der Waals surface area contributed by atoms with E-state index in [0.29, 0.717) is 17.2 Å². The van der Waals surface area contributed by atoms with Crippen molar-refractivity contribution in [3.63, 3.8) is 0 Å². The van der Waals surface area contributed by atoms with Crippen LogP contribution in [0.15, 0.2) is 91.8 Å². The summed E-state index contributed by atoms with van der Waals surface area (Å²) in [5, 5.41) is 2.86. The Balaban J connectivity index is 1.61. The fraction of sp³-hybridized carbons (Fsp3) is 0. The molecule has 1 aromatic carbocycles. The van der Waals surface area contributed by atoms with Crippen molar-refractivity contribution in [2.24, 2.45) is 0 Å². The van der Waals surface area contributed by atoms with E-state index in [9.17, 15) is 4.79 Å². The van der Waals surface area contributed by atoms with Gasteiger partial charge in [-0.1, -0.05) is 0 Å². The van der Waals surface area contributed by atoms with Gasteiger partial charge < -0.3 is 5.32 Å². The number of rotatable bonds is 5. The van der Waals surface area contributed by atoms with Gasteiger partial charge in [0.15, 0.2) is 0 Å². The van der Waals surface area contributed by atoms with Crippen molar-refractivity contribution in [2.75, 3.05) is 10.2 Å². The van der Waals surface area contributed by atoms with Crippen molar-refractivity contribution < 1.29 is 4.79 Å². The predicted molar refractivity (Wildman–Crippen MR) is 107 cm³/mol. The van der Waals surface area contributed by atoms with E-state index >= 15 is 0 Å². The van der Waals surface area contributed by atoms with Gasteiger partial charge in [-0.25, -0.2) is 9.97 Å². The average molecular weight is 368 g/mol. The second kappa shape index (κ2) is 8.05. The number of hydrogen-bond acceptors (Lipinski definition) is 6. The molecule has 136 valence electrons. The second-order valence-corrected chi connectivity index (χ2v) is 5.84. The summed E-state index contributed by atoms with van der Waals surface area (Å²) in [4.78, 5) is 31.0. The van der Waals surface area contributed by atoms with Crippen LogP contribution in [0.2, 0.25) is 0 Å². The van der Waals surface area contributed by atoms with Crippen molar-refractivity contribution in [3.05, 3.63) is 97.3 Å². The number of hydrogen-bond donors (Lipinski definition) is 1. The maximum atomic E-state index is 12.3. The lowest BCUT2D eigenvalue weighted by Gasteiger charge is -2.22. The number of carbonyl (C=O) groups is 1. The van der Waals surface area contributed by atoms with E-state index in [0.717, 1.165) is 11.4 Å². The number of amides is 1. The lowest BCUT2D eigenvalue weighted by atomic mass is 10.2. The van der Waals surface area contributed by atoms with Gasteiger partial charge in [0.2, 0.25) is 5.95 Å². The molecule has 0 saturated heterocycles. The molecule has 3 aromatic heterocycles. The summed E-state index contributed by atoms with van der Waals surface area (Å²) in [6.07, 6.45) is 9.99. The van der Waals surface area contributed by atoms with Crippen LogP contribution in [0.4, 0.5) is 23.0 Å². The Morgan fingerprint density at radius 2 is 1.46 bits per heavy atom. The minimum atomic E-state index is -0.212. The van der Waals surface area contributed by atoms with Crippen LogP contribution >= 0.6 is 0 Å². The monoisotopic (exact) mass is 368 g/mol. The first-order chi connectivity index (χ1) is 13.8. The van der Waals surface area contributed by atoms with Crippen molar-refractivity contribution in [2.45, 2.75) is 0 Å². The highest BCUT2D eigenvalue weighted by Gasteiger charge is 2.15. The molecule has 28 heavy (non-hydrogen) atoms. The fourth-order valence-electron chi connectivity index (χ4n) is 2.67. The normalized spacial score (nSPS) is 10.3. The van der Waals surface area contributed by atoms with Crippen molar-refractivity contribution in [1.29, 1.82) is 0 Å². The average Bonchev–Trinajstić information content (AvgIpc) is 2.77. The van der Waals surface area contributed by atoms with Crippen molar-refractivity contribution >= 4 is 28.9 Å². The molecule has 0 fully saturated rings. The zero-order valence-corrected chi connectivity index (χ0v) is 14.8. The maximum Gasteiger partial charge on any atom is 0.257 e. The number of pyridine rings is 2. The number of benzene rings is 1. The molecule has 0 aliphatic carbocycles. The lowest BCUT2D eigenvalue weighted by molar-refractivity contribution is 0.102. The maximum absolute atomic E-state index is 12.3. The van der Waals surface area contributed by atoms with E-state index in [1.54, 1.807) is 49.2 Å². The molecule has 0 unspecified atom stereocenters. The van der Waals surface area contributed by atoms with Gasteiger partial charge in [0, 0.05) is 42.4 Å². The molecule has 1 amide bonds. The molecule has 0 aliphatic rings. The van der Waals surface area contributed by atoms with Gasteiger partial charge in [0.1, 0.15) is 0 Å². The first kappa shape index (κ1) is 17.3.